The Labute approximate surface area is 645 Å². The lowest BCUT2D eigenvalue weighted by molar-refractivity contribution is -0.161. The third kappa shape index (κ3) is 77.2. The molecule has 0 rings (SSSR count). The van der Waals surface area contributed by atoms with Gasteiger partial charge in [-0.05, 0) is 49.4 Å². The SMILES string of the molecule is CCC(C)CCCCCCCCCCCCCCCCCCCCC(=O)O[C@H](COC(=O)CCCCCCCCCCCCCCCCCCC(C)C)COP(=O)(O)OC[C@@H](O)COP(=O)(O)OC[C@@H](COC(=O)CCCCCCCCC(C)CC)OC(=O)CCCCCCCCCCCCCC(C)C. The maximum Gasteiger partial charge on any atom is 0.472 e. The van der Waals surface area contributed by atoms with Gasteiger partial charge in [0.25, 0.3) is 0 Å². The van der Waals surface area contributed by atoms with Crippen molar-refractivity contribution in [1.82, 2.24) is 0 Å². The number of aliphatic hydroxyl groups is 1. The molecule has 0 aromatic rings. The summed E-state index contributed by atoms with van der Waals surface area (Å²) in [5.41, 5.74) is 0. The summed E-state index contributed by atoms with van der Waals surface area (Å²) in [6, 6.07) is 0. The normalized spacial score (nSPS) is 14.4. The Morgan fingerprint density at radius 3 is 0.676 bits per heavy atom. The van der Waals surface area contributed by atoms with Crippen LogP contribution in [0, 0.1) is 23.7 Å². The minimum atomic E-state index is -4.97. The maximum absolute atomic E-state index is 13.1. The highest BCUT2D eigenvalue weighted by Gasteiger charge is 2.31. The fraction of sp³-hybridized carbons (Fsp3) is 0.953. The molecule has 0 saturated carbocycles. The summed E-state index contributed by atoms with van der Waals surface area (Å²) in [5, 5.41) is 10.7. The van der Waals surface area contributed by atoms with Crippen molar-refractivity contribution >= 4 is 39.5 Å². The zero-order valence-electron chi connectivity index (χ0n) is 69.4. The molecule has 7 atom stereocenters. The number of ether oxygens (including phenoxy) is 4. The molecule has 3 N–H and O–H groups in total. The Hall–Kier alpha value is -1.94. The first-order valence-electron chi connectivity index (χ1n) is 44.3. The molecule has 105 heavy (non-hydrogen) atoms. The minimum Gasteiger partial charge on any atom is -0.462 e. The van der Waals surface area contributed by atoms with Gasteiger partial charge in [0.2, 0.25) is 0 Å². The molecule has 17 nitrogen and oxygen atoms in total. The van der Waals surface area contributed by atoms with E-state index in [0.717, 1.165) is 120 Å². The van der Waals surface area contributed by atoms with E-state index in [-0.39, 0.29) is 25.7 Å². The highest BCUT2D eigenvalue weighted by atomic mass is 31.2. The van der Waals surface area contributed by atoms with Crippen molar-refractivity contribution in [1.29, 1.82) is 0 Å². The van der Waals surface area contributed by atoms with Crippen molar-refractivity contribution < 1.29 is 80.2 Å². The molecule has 0 amide bonds. The van der Waals surface area contributed by atoms with Gasteiger partial charge in [0.15, 0.2) is 12.2 Å². The standard InChI is InChI=1S/C86H168O17P2/c1-9-78(7)64-56-48-40-34-28-22-18-13-11-12-14-20-24-30-36-42-52-60-68-85(90)102-81(72-96-83(88)66-58-50-41-35-29-23-19-16-15-17-21-26-32-38-46-54-62-76(3)4)74-100-104(92,93)98-70-80(87)71-99-105(94,95)101-75-82(73-97-84(89)67-59-51-45-44-49-57-65-79(8)10-2)103-86(91)69-61-53-43-37-31-25-27-33-39-47-55-63-77(5)6/h76-82,87H,9-75H2,1-8H3,(H,92,93)(H,94,95)/t78?,79?,80-,81-,82-/m1/s1. The van der Waals surface area contributed by atoms with Crippen LogP contribution in [0.5, 0.6) is 0 Å². The second-order valence-corrected chi connectivity index (χ2v) is 35.3. The number of rotatable bonds is 83. The summed E-state index contributed by atoms with van der Waals surface area (Å²) < 4.78 is 68.9. The van der Waals surface area contributed by atoms with Gasteiger partial charge in [-0.15, -0.1) is 0 Å². The zero-order valence-corrected chi connectivity index (χ0v) is 71.2. The van der Waals surface area contributed by atoms with Gasteiger partial charge in [-0.1, -0.05) is 396 Å². The molecule has 0 heterocycles. The number of aliphatic hydroxyl groups excluding tert-OH is 1. The van der Waals surface area contributed by atoms with E-state index in [0.29, 0.717) is 25.7 Å². The number of unbranched alkanes of at least 4 members (excludes halogenated alkanes) is 47. The van der Waals surface area contributed by atoms with E-state index in [1.165, 1.54) is 244 Å². The molecule has 0 bridgehead atoms. The Balaban J connectivity index is 5.23. The predicted molar refractivity (Wildman–Crippen MR) is 432 cm³/mol. The van der Waals surface area contributed by atoms with Gasteiger partial charge in [-0.3, -0.25) is 37.3 Å². The van der Waals surface area contributed by atoms with Gasteiger partial charge in [-0.2, -0.15) is 0 Å². The summed E-state index contributed by atoms with van der Waals surface area (Å²) >= 11 is 0. The lowest BCUT2D eigenvalue weighted by Gasteiger charge is -2.21. The Morgan fingerprint density at radius 1 is 0.267 bits per heavy atom. The number of carbonyl (C=O) groups is 4. The highest BCUT2D eigenvalue weighted by Crippen LogP contribution is 2.45. The van der Waals surface area contributed by atoms with Crippen molar-refractivity contribution in [3.63, 3.8) is 0 Å². The number of esters is 4. The fourth-order valence-corrected chi connectivity index (χ4v) is 14.8. The largest absolute Gasteiger partial charge is 0.472 e. The van der Waals surface area contributed by atoms with Gasteiger partial charge < -0.3 is 33.8 Å². The minimum absolute atomic E-state index is 0.105. The van der Waals surface area contributed by atoms with Crippen molar-refractivity contribution in [2.45, 2.75) is 465 Å². The molecule has 0 aromatic carbocycles. The molecule has 624 valence electrons. The summed E-state index contributed by atoms with van der Waals surface area (Å²) in [6.07, 6.45) is 63.9. The van der Waals surface area contributed by atoms with E-state index in [1.54, 1.807) is 0 Å². The molecule has 0 saturated heterocycles. The molecule has 0 aliphatic rings. The van der Waals surface area contributed by atoms with Crippen LogP contribution < -0.4 is 0 Å². The number of hydrogen-bond donors (Lipinski definition) is 3. The maximum atomic E-state index is 13.1. The van der Waals surface area contributed by atoms with Gasteiger partial charge in [0, 0.05) is 25.7 Å². The predicted octanol–water partition coefficient (Wildman–Crippen LogP) is 25.9. The van der Waals surface area contributed by atoms with Gasteiger partial charge in [0.1, 0.15) is 19.3 Å². The van der Waals surface area contributed by atoms with Gasteiger partial charge >= 0.3 is 39.5 Å². The summed E-state index contributed by atoms with van der Waals surface area (Å²) in [7, 11) is -9.93. The van der Waals surface area contributed by atoms with Crippen molar-refractivity contribution in [2.24, 2.45) is 23.7 Å². The smallest absolute Gasteiger partial charge is 0.462 e. The molecule has 0 aliphatic carbocycles. The van der Waals surface area contributed by atoms with E-state index in [1.807, 2.05) is 0 Å². The lowest BCUT2D eigenvalue weighted by atomic mass is 9.99. The molecule has 4 unspecified atom stereocenters. The molecule has 0 spiro atoms. The van der Waals surface area contributed by atoms with Gasteiger partial charge in [-0.25, -0.2) is 9.13 Å². The first kappa shape index (κ1) is 103. The summed E-state index contributed by atoms with van der Waals surface area (Å²) in [4.78, 5) is 73.2. The quantitative estimate of drug-likeness (QED) is 0.0222. The average molecular weight is 1540 g/mol. The molecule has 0 aromatic heterocycles. The van der Waals surface area contributed by atoms with Crippen LogP contribution in [0.4, 0.5) is 0 Å². The number of phosphoric ester groups is 2. The first-order valence-corrected chi connectivity index (χ1v) is 47.3. The van der Waals surface area contributed by atoms with Crippen LogP contribution in [-0.2, 0) is 65.4 Å². The lowest BCUT2D eigenvalue weighted by Crippen LogP contribution is -2.30. The molecular weight excluding hydrogens is 1370 g/mol. The van der Waals surface area contributed by atoms with Crippen LogP contribution in [0.2, 0.25) is 0 Å². The van der Waals surface area contributed by atoms with Crippen molar-refractivity contribution in [3.8, 4) is 0 Å². The first-order chi connectivity index (χ1) is 50.7. The second-order valence-electron chi connectivity index (χ2n) is 32.4. The molecule has 19 heteroatoms. The van der Waals surface area contributed by atoms with E-state index in [4.69, 9.17) is 37.0 Å². The van der Waals surface area contributed by atoms with E-state index in [9.17, 15) is 43.2 Å². The number of hydrogen-bond acceptors (Lipinski definition) is 15. The van der Waals surface area contributed by atoms with Crippen molar-refractivity contribution in [3.05, 3.63) is 0 Å². The number of phosphoric acid groups is 2. The summed E-state index contributed by atoms with van der Waals surface area (Å²) in [5.74, 6) is 1.07. The Morgan fingerprint density at radius 2 is 0.457 bits per heavy atom. The van der Waals surface area contributed by atoms with Crippen LogP contribution in [-0.4, -0.2) is 96.7 Å². The second kappa shape index (κ2) is 74.8. The fourth-order valence-electron chi connectivity index (χ4n) is 13.3. The molecule has 0 radical (unpaired) electrons. The van der Waals surface area contributed by atoms with E-state index >= 15 is 0 Å². The van der Waals surface area contributed by atoms with Crippen LogP contribution in [0.15, 0.2) is 0 Å². The number of carbonyl (C=O) groups excluding carboxylic acids is 4. The van der Waals surface area contributed by atoms with Crippen LogP contribution >= 0.6 is 15.6 Å². The van der Waals surface area contributed by atoms with E-state index in [2.05, 4.69) is 55.4 Å². The Bertz CT molecular complexity index is 2050. The average Bonchev–Trinajstić information content (AvgIpc) is 0.902. The highest BCUT2D eigenvalue weighted by molar-refractivity contribution is 7.47. The molecule has 0 aliphatic heterocycles. The van der Waals surface area contributed by atoms with Crippen LogP contribution in [0.1, 0.15) is 447 Å². The van der Waals surface area contributed by atoms with Crippen LogP contribution in [0.3, 0.4) is 0 Å². The monoisotopic (exact) mass is 1540 g/mol. The molecule has 0 fully saturated rings. The summed E-state index contributed by atoms with van der Waals surface area (Å²) in [6.45, 7) is 14.3. The van der Waals surface area contributed by atoms with Crippen LogP contribution in [0.25, 0.3) is 0 Å². The Kier molecular flexibility index (Phi) is 73.4. The van der Waals surface area contributed by atoms with Crippen molar-refractivity contribution in [2.75, 3.05) is 39.6 Å². The molecular formula is C86H168O17P2. The topological polar surface area (TPSA) is 237 Å². The zero-order chi connectivity index (χ0) is 77.4. The third-order valence-electron chi connectivity index (χ3n) is 20.8. The third-order valence-corrected chi connectivity index (χ3v) is 22.7. The van der Waals surface area contributed by atoms with E-state index < -0.39 is 97.5 Å². The van der Waals surface area contributed by atoms with Gasteiger partial charge in [0.05, 0.1) is 26.4 Å².